The van der Waals surface area contributed by atoms with E-state index in [1.54, 1.807) is 18.3 Å². The van der Waals surface area contributed by atoms with Crippen molar-refractivity contribution in [2.45, 2.75) is 58.3 Å². The Morgan fingerprint density at radius 3 is 2.78 bits per heavy atom. The van der Waals surface area contributed by atoms with E-state index in [-0.39, 0.29) is 29.0 Å². The molecule has 1 N–H and O–H groups in total. The Morgan fingerprint density at radius 1 is 1.19 bits per heavy atom. The van der Waals surface area contributed by atoms with E-state index in [1.165, 1.54) is 13.0 Å². The van der Waals surface area contributed by atoms with Crippen molar-refractivity contribution in [2.75, 3.05) is 6.54 Å². The molecule has 0 unspecified atom stereocenters. The summed E-state index contributed by atoms with van der Waals surface area (Å²) in [5, 5.41) is 2.80. The number of hydrogen-bond donors (Lipinski definition) is 1. The molecule has 0 saturated heterocycles. The molecule has 0 radical (unpaired) electrons. The number of carbonyl (C=O) groups excluding carboxylic acids is 2. The molecule has 7 heteroatoms. The monoisotopic (exact) mass is 486 g/mol. The van der Waals surface area contributed by atoms with Crippen LogP contribution in [0.3, 0.4) is 0 Å². The highest BCUT2D eigenvalue weighted by atomic mass is 19.1. The number of pyridine rings is 1. The molecular formula is C29H31FN4O2. The number of amides is 1. The molecule has 2 heterocycles. The topological polar surface area (TPSA) is 84.8 Å². The van der Waals surface area contributed by atoms with Crippen molar-refractivity contribution < 1.29 is 14.0 Å². The van der Waals surface area contributed by atoms with Gasteiger partial charge in [-0.05, 0) is 49.4 Å². The summed E-state index contributed by atoms with van der Waals surface area (Å²) in [6.07, 6.45) is 5.15. The van der Waals surface area contributed by atoms with Gasteiger partial charge >= 0.3 is 0 Å². The number of carbonyl (C=O) groups is 2. The van der Waals surface area contributed by atoms with Gasteiger partial charge in [-0.25, -0.2) is 14.4 Å². The Kier molecular flexibility index (Phi) is 6.41. The van der Waals surface area contributed by atoms with E-state index < -0.39 is 0 Å². The van der Waals surface area contributed by atoms with E-state index in [1.807, 2.05) is 25.1 Å². The van der Waals surface area contributed by atoms with Gasteiger partial charge in [0.25, 0.3) is 0 Å². The molecule has 2 aliphatic rings. The number of ketones is 1. The van der Waals surface area contributed by atoms with E-state index >= 15 is 4.39 Å². The van der Waals surface area contributed by atoms with Crippen molar-refractivity contribution in [2.24, 2.45) is 11.8 Å². The molecule has 0 bridgehead atoms. The predicted molar refractivity (Wildman–Crippen MR) is 136 cm³/mol. The van der Waals surface area contributed by atoms with Crippen LogP contribution in [0.25, 0.3) is 22.6 Å². The van der Waals surface area contributed by atoms with Gasteiger partial charge in [0.15, 0.2) is 5.82 Å². The standard InChI is InChI=1S/C29H31FN4O2/c1-17-23-9-8-22-26(21-6-4-5-7-24(21)30)33-28(34-27(22)29(23,3)13-10-25(17)36)19-11-14-32-20(16-19)12-15-31-18(2)35/h4-7,11,14,16-17,23H,8-10,12-13,15H2,1-3H3,(H,31,35)/t17-,23-,29-/m1/s1. The van der Waals surface area contributed by atoms with Crippen molar-refractivity contribution in [1.29, 1.82) is 0 Å². The number of rotatable bonds is 5. The van der Waals surface area contributed by atoms with Crippen LogP contribution in [-0.2, 0) is 27.8 Å². The number of benzene rings is 1. The Bertz CT molecular complexity index is 1340. The highest BCUT2D eigenvalue weighted by Gasteiger charge is 2.49. The predicted octanol–water partition coefficient (Wildman–Crippen LogP) is 4.84. The number of halogens is 1. The zero-order valence-corrected chi connectivity index (χ0v) is 21.0. The van der Waals surface area contributed by atoms with Crippen LogP contribution in [0.1, 0.15) is 57.0 Å². The van der Waals surface area contributed by atoms with Crippen molar-refractivity contribution in [3.8, 4) is 22.6 Å². The number of hydrogen-bond acceptors (Lipinski definition) is 5. The van der Waals surface area contributed by atoms with Gasteiger partial charge in [-0.15, -0.1) is 0 Å². The summed E-state index contributed by atoms with van der Waals surface area (Å²) in [7, 11) is 0. The summed E-state index contributed by atoms with van der Waals surface area (Å²) in [6, 6.07) is 10.5. The molecule has 186 valence electrons. The molecule has 2 aliphatic carbocycles. The maximum atomic E-state index is 15.0. The van der Waals surface area contributed by atoms with Crippen molar-refractivity contribution >= 4 is 11.7 Å². The summed E-state index contributed by atoms with van der Waals surface area (Å²) in [6.45, 7) is 6.23. The number of Topliss-reactive ketones (excluding diaryl/α,β-unsaturated/α-hetero) is 1. The minimum Gasteiger partial charge on any atom is -0.356 e. The molecule has 2 aromatic heterocycles. The van der Waals surface area contributed by atoms with Gasteiger partial charge < -0.3 is 5.32 Å². The number of aromatic nitrogens is 3. The van der Waals surface area contributed by atoms with E-state index in [0.717, 1.165) is 41.8 Å². The van der Waals surface area contributed by atoms with Gasteiger partial charge in [0.1, 0.15) is 11.6 Å². The van der Waals surface area contributed by atoms with Crippen LogP contribution in [-0.4, -0.2) is 33.2 Å². The molecule has 0 spiro atoms. The molecule has 3 aromatic rings. The Morgan fingerprint density at radius 2 is 2.00 bits per heavy atom. The second-order valence-electron chi connectivity index (χ2n) is 10.3. The first-order chi connectivity index (χ1) is 17.3. The first-order valence-electron chi connectivity index (χ1n) is 12.7. The van der Waals surface area contributed by atoms with Gasteiger partial charge in [0, 0.05) is 66.2 Å². The highest BCUT2D eigenvalue weighted by molar-refractivity contribution is 5.83. The molecule has 1 fully saturated rings. The first-order valence-corrected chi connectivity index (χ1v) is 12.7. The molecular weight excluding hydrogens is 455 g/mol. The van der Waals surface area contributed by atoms with Crippen LogP contribution in [0.4, 0.5) is 4.39 Å². The zero-order chi connectivity index (χ0) is 25.4. The van der Waals surface area contributed by atoms with E-state index in [4.69, 9.17) is 9.97 Å². The molecule has 1 aromatic carbocycles. The SMILES string of the molecule is CC(=O)NCCc1cc(-c2nc(-c3ccccc3F)c3c(n2)[C@]2(C)CCC(=O)[C@H](C)[C@H]2CC3)ccn1. The lowest BCUT2D eigenvalue weighted by Crippen LogP contribution is -2.47. The average Bonchev–Trinajstić information content (AvgIpc) is 2.86. The van der Waals surface area contributed by atoms with Gasteiger partial charge in [0.2, 0.25) is 5.91 Å². The normalized spacial score (nSPS) is 23.1. The van der Waals surface area contributed by atoms with Gasteiger partial charge in [-0.1, -0.05) is 26.0 Å². The fraction of sp³-hybridized carbons (Fsp3) is 0.414. The molecule has 0 aliphatic heterocycles. The summed E-state index contributed by atoms with van der Waals surface area (Å²) < 4.78 is 15.0. The Hall–Kier alpha value is -3.48. The zero-order valence-electron chi connectivity index (χ0n) is 21.0. The summed E-state index contributed by atoms with van der Waals surface area (Å²) in [4.78, 5) is 38.3. The van der Waals surface area contributed by atoms with Crippen molar-refractivity contribution in [3.05, 3.63) is 65.4 Å². The quantitative estimate of drug-likeness (QED) is 0.558. The molecule has 1 saturated carbocycles. The summed E-state index contributed by atoms with van der Waals surface area (Å²) >= 11 is 0. The van der Waals surface area contributed by atoms with Crippen LogP contribution in [0.2, 0.25) is 0 Å². The van der Waals surface area contributed by atoms with Crippen molar-refractivity contribution in [3.63, 3.8) is 0 Å². The third kappa shape index (κ3) is 4.31. The number of nitrogens with one attached hydrogen (secondary N) is 1. The van der Waals surface area contributed by atoms with Gasteiger partial charge in [-0.2, -0.15) is 0 Å². The Labute approximate surface area is 210 Å². The van der Waals surface area contributed by atoms with Crippen LogP contribution < -0.4 is 5.32 Å². The minimum atomic E-state index is -0.311. The van der Waals surface area contributed by atoms with E-state index in [9.17, 15) is 9.59 Å². The van der Waals surface area contributed by atoms with Gasteiger partial charge in [0.05, 0.1) is 11.4 Å². The average molecular weight is 487 g/mol. The fourth-order valence-electron chi connectivity index (χ4n) is 6.05. The lowest BCUT2D eigenvalue weighted by Gasteiger charge is -2.48. The smallest absolute Gasteiger partial charge is 0.216 e. The molecule has 3 atom stereocenters. The summed E-state index contributed by atoms with van der Waals surface area (Å²) in [5.41, 5.74) is 4.38. The maximum absolute atomic E-state index is 15.0. The van der Waals surface area contributed by atoms with Crippen LogP contribution in [0, 0.1) is 17.7 Å². The van der Waals surface area contributed by atoms with Crippen molar-refractivity contribution in [1.82, 2.24) is 20.3 Å². The molecule has 1 amide bonds. The lowest BCUT2D eigenvalue weighted by atomic mass is 9.56. The second-order valence-corrected chi connectivity index (χ2v) is 10.3. The van der Waals surface area contributed by atoms with E-state index in [0.29, 0.717) is 42.3 Å². The Balaban J connectivity index is 1.65. The fourth-order valence-corrected chi connectivity index (χ4v) is 6.05. The minimum absolute atomic E-state index is 0.0199. The molecule has 6 nitrogen and oxygen atoms in total. The van der Waals surface area contributed by atoms with Gasteiger partial charge in [-0.3, -0.25) is 14.6 Å². The van der Waals surface area contributed by atoms with Crippen LogP contribution >= 0.6 is 0 Å². The number of fused-ring (bicyclic) bond motifs is 3. The third-order valence-corrected chi connectivity index (χ3v) is 8.03. The summed E-state index contributed by atoms with van der Waals surface area (Å²) in [5.74, 6) is 0.641. The second kappa shape index (κ2) is 9.52. The largest absolute Gasteiger partial charge is 0.356 e. The van der Waals surface area contributed by atoms with Crippen LogP contribution in [0.5, 0.6) is 0 Å². The van der Waals surface area contributed by atoms with E-state index in [2.05, 4.69) is 17.2 Å². The molecule has 36 heavy (non-hydrogen) atoms. The maximum Gasteiger partial charge on any atom is 0.216 e. The number of nitrogens with zero attached hydrogens (tertiary/aromatic N) is 3. The first kappa shape index (κ1) is 24.2. The third-order valence-electron chi connectivity index (χ3n) is 8.03. The lowest BCUT2D eigenvalue weighted by molar-refractivity contribution is -0.128. The highest BCUT2D eigenvalue weighted by Crippen LogP contribution is 2.52. The van der Waals surface area contributed by atoms with Crippen LogP contribution in [0.15, 0.2) is 42.6 Å². The molecule has 5 rings (SSSR count).